The van der Waals surface area contributed by atoms with Crippen LogP contribution in [-0.2, 0) is 14.3 Å². The zero-order chi connectivity index (χ0) is 12.8. The van der Waals surface area contributed by atoms with Gasteiger partial charge in [-0.25, -0.2) is 4.79 Å². The van der Waals surface area contributed by atoms with E-state index in [4.69, 9.17) is 4.74 Å². The molecule has 1 rings (SSSR count). The molecule has 0 saturated carbocycles. The number of piperidine rings is 1. The third-order valence-corrected chi connectivity index (χ3v) is 3.02. The summed E-state index contributed by atoms with van der Waals surface area (Å²) in [4.78, 5) is 26.7. The third-order valence-electron chi connectivity index (χ3n) is 3.02. The van der Waals surface area contributed by atoms with Gasteiger partial charge in [0.15, 0.2) is 0 Å². The van der Waals surface area contributed by atoms with Crippen molar-refractivity contribution >= 4 is 11.9 Å². The molecule has 5 heteroatoms. The molecule has 5 nitrogen and oxygen atoms in total. The Labute approximate surface area is 103 Å². The van der Waals surface area contributed by atoms with Crippen LogP contribution in [-0.4, -0.2) is 62.0 Å². The maximum Gasteiger partial charge on any atom is 0.397 e. The topological polar surface area (TPSA) is 49.9 Å². The van der Waals surface area contributed by atoms with Crippen LogP contribution in [0.2, 0.25) is 0 Å². The van der Waals surface area contributed by atoms with Crippen molar-refractivity contribution in [2.24, 2.45) is 5.92 Å². The second kappa shape index (κ2) is 6.59. The Morgan fingerprint density at radius 3 is 2.41 bits per heavy atom. The van der Waals surface area contributed by atoms with Crippen molar-refractivity contribution in [3.63, 3.8) is 0 Å². The Bertz CT molecular complexity index is 271. The summed E-state index contributed by atoms with van der Waals surface area (Å²) in [6.07, 6.45) is 1.94. The molecule has 0 N–H and O–H groups in total. The molecule has 0 radical (unpaired) electrons. The van der Waals surface area contributed by atoms with Gasteiger partial charge in [-0.15, -0.1) is 0 Å². The molecule has 0 aliphatic carbocycles. The molecule has 0 atom stereocenters. The average Bonchev–Trinajstić information content (AvgIpc) is 2.28. The molecular formula is C12H22N2O3. The summed E-state index contributed by atoms with van der Waals surface area (Å²) >= 11 is 0. The van der Waals surface area contributed by atoms with Gasteiger partial charge >= 0.3 is 11.9 Å². The smallest absolute Gasteiger partial charge is 0.397 e. The fourth-order valence-electron chi connectivity index (χ4n) is 1.72. The first-order valence-corrected chi connectivity index (χ1v) is 6.11. The van der Waals surface area contributed by atoms with Crippen LogP contribution in [0.15, 0.2) is 0 Å². The molecule has 17 heavy (non-hydrogen) atoms. The second-order valence-electron chi connectivity index (χ2n) is 4.91. The maximum atomic E-state index is 11.7. The number of likely N-dealkylation sites (tertiary alicyclic amines) is 1. The Hall–Kier alpha value is -1.10. The highest BCUT2D eigenvalue weighted by atomic mass is 16.5. The van der Waals surface area contributed by atoms with Gasteiger partial charge in [0.25, 0.3) is 0 Å². The van der Waals surface area contributed by atoms with E-state index in [0.717, 1.165) is 12.8 Å². The largest absolute Gasteiger partial charge is 0.457 e. The van der Waals surface area contributed by atoms with E-state index in [-0.39, 0.29) is 6.61 Å². The van der Waals surface area contributed by atoms with E-state index in [9.17, 15) is 9.59 Å². The SMILES string of the molecule is CC1CCN(C(=O)C(=O)OCCN(C)C)CC1. The van der Waals surface area contributed by atoms with Crippen molar-refractivity contribution < 1.29 is 14.3 Å². The minimum absolute atomic E-state index is 0.266. The summed E-state index contributed by atoms with van der Waals surface area (Å²) in [7, 11) is 3.78. The van der Waals surface area contributed by atoms with Crippen LogP contribution in [0, 0.1) is 5.92 Å². The lowest BCUT2D eigenvalue weighted by atomic mass is 9.99. The molecule has 0 aromatic carbocycles. The monoisotopic (exact) mass is 242 g/mol. The molecule has 1 aliphatic heterocycles. The number of nitrogens with zero attached hydrogens (tertiary/aromatic N) is 2. The number of hydrogen-bond acceptors (Lipinski definition) is 4. The van der Waals surface area contributed by atoms with E-state index in [2.05, 4.69) is 6.92 Å². The standard InChI is InChI=1S/C12H22N2O3/c1-10-4-6-14(7-5-10)11(15)12(16)17-9-8-13(2)3/h10H,4-9H2,1-3H3. The van der Waals surface area contributed by atoms with Crippen molar-refractivity contribution in [1.29, 1.82) is 0 Å². The summed E-state index contributed by atoms with van der Waals surface area (Å²) in [6, 6.07) is 0. The second-order valence-corrected chi connectivity index (χ2v) is 4.91. The van der Waals surface area contributed by atoms with Crippen molar-refractivity contribution in [3.8, 4) is 0 Å². The summed E-state index contributed by atoms with van der Waals surface area (Å²) in [5.41, 5.74) is 0. The number of carbonyl (C=O) groups excluding carboxylic acids is 2. The lowest BCUT2D eigenvalue weighted by Gasteiger charge is -2.29. The van der Waals surface area contributed by atoms with Gasteiger partial charge in [-0.3, -0.25) is 4.79 Å². The van der Waals surface area contributed by atoms with Gasteiger partial charge in [-0.1, -0.05) is 6.92 Å². The number of hydrogen-bond donors (Lipinski definition) is 0. The Kier molecular flexibility index (Phi) is 5.41. The van der Waals surface area contributed by atoms with Crippen LogP contribution in [0.5, 0.6) is 0 Å². The minimum atomic E-state index is -0.721. The van der Waals surface area contributed by atoms with E-state index in [1.54, 1.807) is 4.90 Å². The third kappa shape index (κ3) is 4.73. The first kappa shape index (κ1) is 14.0. The lowest BCUT2D eigenvalue weighted by molar-refractivity contribution is -0.161. The van der Waals surface area contributed by atoms with E-state index >= 15 is 0 Å². The lowest BCUT2D eigenvalue weighted by Crippen LogP contribution is -2.42. The molecule has 1 saturated heterocycles. The molecule has 0 aromatic rings. The number of carbonyl (C=O) groups is 2. The van der Waals surface area contributed by atoms with E-state index < -0.39 is 11.9 Å². The first-order valence-electron chi connectivity index (χ1n) is 6.11. The fraction of sp³-hybridized carbons (Fsp3) is 0.833. The highest BCUT2D eigenvalue weighted by molar-refractivity contribution is 6.32. The summed E-state index contributed by atoms with van der Waals surface area (Å²) in [5.74, 6) is -0.569. The van der Waals surface area contributed by atoms with Crippen molar-refractivity contribution in [1.82, 2.24) is 9.80 Å². The molecule has 0 aromatic heterocycles. The van der Waals surface area contributed by atoms with Gasteiger partial charge in [0.05, 0.1) is 0 Å². The fourth-order valence-corrected chi connectivity index (χ4v) is 1.72. The minimum Gasteiger partial charge on any atom is -0.457 e. The van der Waals surface area contributed by atoms with E-state index in [1.165, 1.54) is 0 Å². The van der Waals surface area contributed by atoms with Crippen LogP contribution < -0.4 is 0 Å². The summed E-state index contributed by atoms with van der Waals surface area (Å²) < 4.78 is 4.92. The van der Waals surface area contributed by atoms with E-state index in [0.29, 0.717) is 25.6 Å². The van der Waals surface area contributed by atoms with Crippen LogP contribution in [0.3, 0.4) is 0 Å². The van der Waals surface area contributed by atoms with Crippen molar-refractivity contribution in [2.45, 2.75) is 19.8 Å². The van der Waals surface area contributed by atoms with Crippen molar-refractivity contribution in [3.05, 3.63) is 0 Å². The van der Waals surface area contributed by atoms with Crippen molar-refractivity contribution in [2.75, 3.05) is 40.3 Å². The van der Waals surface area contributed by atoms with E-state index in [1.807, 2.05) is 19.0 Å². The molecule has 0 unspecified atom stereocenters. The predicted octanol–water partition coefficient (Wildman–Crippen LogP) is 0.350. The van der Waals surface area contributed by atoms with Gasteiger partial charge < -0.3 is 14.5 Å². The number of rotatable bonds is 3. The highest BCUT2D eigenvalue weighted by Crippen LogP contribution is 2.16. The molecule has 98 valence electrons. The zero-order valence-electron chi connectivity index (χ0n) is 10.9. The number of esters is 1. The molecule has 1 fully saturated rings. The number of likely N-dealkylation sites (N-methyl/N-ethyl adjacent to an activating group) is 1. The number of amides is 1. The summed E-state index contributed by atoms with van der Waals surface area (Å²) in [5, 5.41) is 0. The van der Waals surface area contributed by atoms with Crippen LogP contribution in [0.1, 0.15) is 19.8 Å². The van der Waals surface area contributed by atoms with Crippen LogP contribution in [0.25, 0.3) is 0 Å². The van der Waals surface area contributed by atoms with Gasteiger partial charge in [0.1, 0.15) is 6.61 Å². The predicted molar refractivity (Wildman–Crippen MR) is 64.5 cm³/mol. The number of ether oxygens (including phenoxy) is 1. The molecule has 1 heterocycles. The van der Waals surface area contributed by atoms with Gasteiger partial charge in [-0.05, 0) is 32.9 Å². The quantitative estimate of drug-likeness (QED) is 0.529. The van der Waals surface area contributed by atoms with Crippen LogP contribution >= 0.6 is 0 Å². The highest BCUT2D eigenvalue weighted by Gasteiger charge is 2.26. The van der Waals surface area contributed by atoms with Gasteiger partial charge in [-0.2, -0.15) is 0 Å². The molecular weight excluding hydrogens is 220 g/mol. The molecule has 0 spiro atoms. The molecule has 1 amide bonds. The van der Waals surface area contributed by atoms with Gasteiger partial charge in [0, 0.05) is 19.6 Å². The first-order chi connectivity index (χ1) is 8.00. The zero-order valence-corrected chi connectivity index (χ0v) is 10.9. The molecule has 1 aliphatic rings. The molecule has 0 bridgehead atoms. The van der Waals surface area contributed by atoms with Crippen LogP contribution in [0.4, 0.5) is 0 Å². The average molecular weight is 242 g/mol. The van der Waals surface area contributed by atoms with Gasteiger partial charge in [0.2, 0.25) is 0 Å². The Morgan fingerprint density at radius 2 is 1.88 bits per heavy atom. The maximum absolute atomic E-state index is 11.7. The summed E-state index contributed by atoms with van der Waals surface area (Å²) in [6.45, 7) is 4.40. The Balaban J connectivity index is 2.29. The Morgan fingerprint density at radius 1 is 1.29 bits per heavy atom. The normalized spacial score (nSPS) is 17.3.